The van der Waals surface area contributed by atoms with Crippen LogP contribution >= 0.6 is 0 Å². The monoisotopic (exact) mass is 312 g/mol. The Labute approximate surface area is 127 Å². The van der Waals surface area contributed by atoms with Crippen LogP contribution in [0.25, 0.3) is 0 Å². The highest BCUT2D eigenvalue weighted by Gasteiger charge is 2.38. The van der Waals surface area contributed by atoms with Crippen molar-refractivity contribution in [2.24, 2.45) is 11.1 Å². The Hall–Kier alpha value is -1.11. The molecule has 1 aromatic rings. The highest BCUT2D eigenvalue weighted by Crippen LogP contribution is 2.30. The second kappa shape index (κ2) is 5.94. The number of methoxy groups -OCH3 is 1. The van der Waals surface area contributed by atoms with Crippen LogP contribution in [0.15, 0.2) is 24.3 Å². The molecule has 0 bridgehead atoms. The normalized spacial score (nSPS) is 23.0. The molecule has 1 saturated heterocycles. The third-order valence-corrected chi connectivity index (χ3v) is 5.95. The van der Waals surface area contributed by atoms with Gasteiger partial charge in [0.1, 0.15) is 5.75 Å². The molecular formula is C15H24N2O3S. The molecule has 1 aliphatic rings. The van der Waals surface area contributed by atoms with Gasteiger partial charge in [-0.25, -0.2) is 12.7 Å². The van der Waals surface area contributed by atoms with E-state index in [1.165, 1.54) is 0 Å². The fraction of sp³-hybridized carbons (Fsp3) is 0.600. The Morgan fingerprint density at radius 2 is 2.14 bits per heavy atom. The molecule has 21 heavy (non-hydrogen) atoms. The lowest BCUT2D eigenvalue weighted by molar-refractivity contribution is 0.155. The lowest BCUT2D eigenvalue weighted by Crippen LogP contribution is -2.54. The van der Waals surface area contributed by atoms with Gasteiger partial charge in [0.15, 0.2) is 0 Å². The van der Waals surface area contributed by atoms with E-state index >= 15 is 0 Å². The van der Waals surface area contributed by atoms with Gasteiger partial charge in [-0.2, -0.15) is 0 Å². The van der Waals surface area contributed by atoms with Crippen molar-refractivity contribution in [2.75, 3.05) is 20.2 Å². The molecule has 1 aromatic carbocycles. The average molecular weight is 312 g/mol. The van der Waals surface area contributed by atoms with E-state index in [0.29, 0.717) is 25.3 Å². The first-order chi connectivity index (χ1) is 9.74. The maximum Gasteiger partial charge on any atom is 0.218 e. The Morgan fingerprint density at radius 3 is 2.76 bits per heavy atom. The fourth-order valence-corrected chi connectivity index (χ4v) is 4.32. The second-order valence-corrected chi connectivity index (χ2v) is 8.29. The summed E-state index contributed by atoms with van der Waals surface area (Å²) in [6.45, 7) is 5.01. The zero-order valence-electron chi connectivity index (χ0n) is 12.9. The van der Waals surface area contributed by atoms with Gasteiger partial charge in [-0.05, 0) is 29.5 Å². The van der Waals surface area contributed by atoms with Crippen molar-refractivity contribution in [3.8, 4) is 5.75 Å². The van der Waals surface area contributed by atoms with Crippen LogP contribution in [0.2, 0.25) is 0 Å². The summed E-state index contributed by atoms with van der Waals surface area (Å²) in [5.74, 6) is 0.666. The van der Waals surface area contributed by atoms with Crippen LogP contribution in [0.4, 0.5) is 0 Å². The maximum absolute atomic E-state index is 12.6. The lowest BCUT2D eigenvalue weighted by Gasteiger charge is -2.41. The second-order valence-electron chi connectivity index (χ2n) is 6.33. The number of hydrogen-bond donors (Lipinski definition) is 1. The highest BCUT2D eigenvalue weighted by molar-refractivity contribution is 7.88. The van der Waals surface area contributed by atoms with Crippen molar-refractivity contribution in [1.82, 2.24) is 4.31 Å². The lowest BCUT2D eigenvalue weighted by atomic mass is 9.81. The van der Waals surface area contributed by atoms with Gasteiger partial charge >= 0.3 is 0 Å². The smallest absolute Gasteiger partial charge is 0.218 e. The minimum absolute atomic E-state index is 0.00445. The molecule has 0 spiro atoms. The largest absolute Gasteiger partial charge is 0.497 e. The number of hydrogen-bond acceptors (Lipinski definition) is 4. The van der Waals surface area contributed by atoms with Crippen LogP contribution in [-0.4, -0.2) is 39.0 Å². The summed E-state index contributed by atoms with van der Waals surface area (Å²) < 4.78 is 31.9. The van der Waals surface area contributed by atoms with E-state index < -0.39 is 10.0 Å². The third kappa shape index (κ3) is 3.75. The zero-order valence-corrected chi connectivity index (χ0v) is 13.7. The van der Waals surface area contributed by atoms with Crippen molar-refractivity contribution in [2.45, 2.75) is 32.1 Å². The Bertz CT molecular complexity index is 599. The van der Waals surface area contributed by atoms with Crippen molar-refractivity contribution in [1.29, 1.82) is 0 Å². The van der Waals surface area contributed by atoms with Gasteiger partial charge in [-0.15, -0.1) is 0 Å². The predicted octanol–water partition coefficient (Wildman–Crippen LogP) is 1.58. The maximum atomic E-state index is 12.6. The summed E-state index contributed by atoms with van der Waals surface area (Å²) in [6, 6.07) is 7.22. The number of nitrogens with two attached hydrogens (primary N) is 1. The topological polar surface area (TPSA) is 72.6 Å². The number of ether oxygens (including phenoxy) is 1. The molecule has 0 aliphatic carbocycles. The van der Waals surface area contributed by atoms with Gasteiger partial charge < -0.3 is 10.5 Å². The van der Waals surface area contributed by atoms with E-state index in [0.717, 1.165) is 5.56 Å². The molecule has 5 nitrogen and oxygen atoms in total. The van der Waals surface area contributed by atoms with Crippen LogP contribution in [0.3, 0.4) is 0 Å². The number of benzene rings is 1. The van der Waals surface area contributed by atoms with E-state index in [-0.39, 0.29) is 17.2 Å². The standard InChI is InChI=1S/C15H24N2O3S/c1-15(2)11-17(8-7-14(15)16)21(18,19)10-12-5-4-6-13(9-12)20-3/h4-6,9,14H,7-8,10-11,16H2,1-3H3. The summed E-state index contributed by atoms with van der Waals surface area (Å²) in [5.41, 5.74) is 6.61. The minimum atomic E-state index is -3.33. The molecule has 1 unspecified atom stereocenters. The third-order valence-electron chi connectivity index (χ3n) is 4.15. The zero-order chi connectivity index (χ0) is 15.7. The molecular weight excluding hydrogens is 288 g/mol. The molecule has 118 valence electrons. The van der Waals surface area contributed by atoms with Crippen LogP contribution in [0.1, 0.15) is 25.8 Å². The van der Waals surface area contributed by atoms with Crippen LogP contribution in [0.5, 0.6) is 5.75 Å². The van der Waals surface area contributed by atoms with Crippen LogP contribution in [-0.2, 0) is 15.8 Å². The van der Waals surface area contributed by atoms with Gasteiger partial charge in [-0.3, -0.25) is 0 Å². The van der Waals surface area contributed by atoms with Crippen molar-refractivity contribution in [3.63, 3.8) is 0 Å². The molecule has 2 rings (SSSR count). The molecule has 2 N–H and O–H groups in total. The first kappa shape index (κ1) is 16.3. The predicted molar refractivity (Wildman–Crippen MR) is 83.6 cm³/mol. The number of piperidine rings is 1. The molecule has 1 heterocycles. The molecule has 0 saturated carbocycles. The average Bonchev–Trinajstić information content (AvgIpc) is 2.41. The first-order valence-corrected chi connectivity index (χ1v) is 8.72. The highest BCUT2D eigenvalue weighted by atomic mass is 32.2. The molecule has 0 aromatic heterocycles. The Morgan fingerprint density at radius 1 is 1.43 bits per heavy atom. The Balaban J connectivity index is 2.15. The molecule has 1 atom stereocenters. The van der Waals surface area contributed by atoms with Gasteiger partial charge in [0, 0.05) is 19.1 Å². The Kier molecular flexibility index (Phi) is 4.60. The number of rotatable bonds is 4. The first-order valence-electron chi connectivity index (χ1n) is 7.11. The molecule has 1 fully saturated rings. The van der Waals surface area contributed by atoms with E-state index in [1.54, 1.807) is 35.7 Å². The summed E-state index contributed by atoms with van der Waals surface area (Å²) in [4.78, 5) is 0. The summed E-state index contributed by atoms with van der Waals surface area (Å²) in [5, 5.41) is 0. The van der Waals surface area contributed by atoms with E-state index in [2.05, 4.69) is 0 Å². The van der Waals surface area contributed by atoms with Gasteiger partial charge in [0.2, 0.25) is 10.0 Å². The van der Waals surface area contributed by atoms with Crippen molar-refractivity contribution in [3.05, 3.63) is 29.8 Å². The van der Waals surface area contributed by atoms with E-state index in [9.17, 15) is 8.42 Å². The minimum Gasteiger partial charge on any atom is -0.497 e. The summed E-state index contributed by atoms with van der Waals surface area (Å²) >= 11 is 0. The van der Waals surface area contributed by atoms with Crippen molar-refractivity contribution < 1.29 is 13.2 Å². The van der Waals surface area contributed by atoms with E-state index in [4.69, 9.17) is 10.5 Å². The molecule has 6 heteroatoms. The molecule has 1 aliphatic heterocycles. The number of sulfonamides is 1. The number of nitrogens with zero attached hydrogens (tertiary/aromatic N) is 1. The van der Waals surface area contributed by atoms with Gasteiger partial charge in [0.05, 0.1) is 12.9 Å². The molecule has 0 radical (unpaired) electrons. The van der Waals surface area contributed by atoms with E-state index in [1.807, 2.05) is 13.8 Å². The SMILES string of the molecule is COc1cccc(CS(=O)(=O)N2CCC(N)C(C)(C)C2)c1. The van der Waals surface area contributed by atoms with Crippen LogP contribution in [0, 0.1) is 5.41 Å². The quantitative estimate of drug-likeness (QED) is 0.916. The summed E-state index contributed by atoms with van der Waals surface area (Å²) in [6.07, 6.45) is 0.699. The van der Waals surface area contributed by atoms with Crippen molar-refractivity contribution >= 4 is 10.0 Å². The fourth-order valence-electron chi connectivity index (χ4n) is 2.63. The molecule has 0 amide bonds. The van der Waals surface area contributed by atoms with Gasteiger partial charge in [0.25, 0.3) is 0 Å². The summed E-state index contributed by atoms with van der Waals surface area (Å²) in [7, 11) is -1.76. The van der Waals surface area contributed by atoms with Crippen LogP contribution < -0.4 is 10.5 Å². The van der Waals surface area contributed by atoms with Gasteiger partial charge in [-0.1, -0.05) is 26.0 Å².